The Morgan fingerprint density at radius 2 is 1.86 bits per heavy atom. The van der Waals surface area contributed by atoms with E-state index in [1.165, 1.54) is 11.8 Å². The van der Waals surface area contributed by atoms with Crippen LogP contribution in [0.2, 0.25) is 0 Å². The smallest absolute Gasteiger partial charge is 0.213 e. The molecule has 1 aliphatic heterocycles. The minimum absolute atomic E-state index is 0.148. The molecule has 1 aromatic carbocycles. The Hall–Kier alpha value is -2.30. The van der Waals surface area contributed by atoms with Crippen molar-refractivity contribution in [3.63, 3.8) is 0 Å². The molecule has 1 N–H and O–H groups in total. The van der Waals surface area contributed by atoms with Gasteiger partial charge in [-0.25, -0.2) is 13.4 Å². The van der Waals surface area contributed by atoms with Crippen molar-refractivity contribution in [1.29, 1.82) is 0 Å². The van der Waals surface area contributed by atoms with Gasteiger partial charge >= 0.3 is 0 Å². The van der Waals surface area contributed by atoms with E-state index in [1.54, 1.807) is 35.9 Å². The van der Waals surface area contributed by atoms with Gasteiger partial charge in [0.1, 0.15) is 16.6 Å². The molecule has 10 heteroatoms. The zero-order valence-corrected chi connectivity index (χ0v) is 18.2. The first-order chi connectivity index (χ1) is 14.0. The number of aromatic nitrogens is 3. The summed E-state index contributed by atoms with van der Waals surface area (Å²) in [6.07, 6.45) is 1.83. The average Bonchev–Trinajstić information content (AvgIpc) is 3.13. The highest BCUT2D eigenvalue weighted by molar-refractivity contribution is 7.99. The molecule has 0 bridgehead atoms. The zero-order valence-electron chi connectivity index (χ0n) is 16.5. The summed E-state index contributed by atoms with van der Waals surface area (Å²) in [6, 6.07) is 8.34. The summed E-state index contributed by atoms with van der Waals surface area (Å²) in [7, 11) is -2.26. The lowest BCUT2D eigenvalue weighted by Gasteiger charge is -2.29. The number of benzene rings is 1. The molecule has 1 saturated heterocycles. The highest BCUT2D eigenvalue weighted by atomic mass is 32.2. The Labute approximate surface area is 174 Å². The molecule has 8 nitrogen and oxygen atoms in total. The number of methoxy groups -OCH3 is 1. The number of thioether (sulfide) groups is 1. The van der Waals surface area contributed by atoms with Crippen molar-refractivity contribution in [2.24, 2.45) is 0 Å². The number of hydrogen-bond acceptors (Lipinski definition) is 8. The number of anilines is 1. The summed E-state index contributed by atoms with van der Waals surface area (Å²) in [6.45, 7) is 5.27. The van der Waals surface area contributed by atoms with Crippen LogP contribution in [0.1, 0.15) is 5.69 Å². The normalized spacial score (nSPS) is 15.1. The summed E-state index contributed by atoms with van der Waals surface area (Å²) in [5.41, 5.74) is 1.11. The van der Waals surface area contributed by atoms with Crippen molar-refractivity contribution in [3.05, 3.63) is 36.0 Å². The van der Waals surface area contributed by atoms with E-state index in [1.807, 2.05) is 19.2 Å². The fourth-order valence-corrected chi connectivity index (χ4v) is 5.83. The van der Waals surface area contributed by atoms with E-state index in [9.17, 15) is 8.42 Å². The summed E-state index contributed by atoms with van der Waals surface area (Å²) >= 11 is 1.30. The van der Waals surface area contributed by atoms with Gasteiger partial charge in [0.15, 0.2) is 10.5 Å². The number of nitrogens with zero attached hydrogens (tertiary/aromatic N) is 4. The lowest BCUT2D eigenvalue weighted by Crippen LogP contribution is -2.44. The van der Waals surface area contributed by atoms with E-state index in [0.717, 1.165) is 37.7 Å². The van der Waals surface area contributed by atoms with Gasteiger partial charge in [-0.15, -0.1) is 11.8 Å². The van der Waals surface area contributed by atoms with Gasteiger partial charge < -0.3 is 15.0 Å². The number of fused-ring (bicyclic) bond motifs is 1. The van der Waals surface area contributed by atoms with Crippen LogP contribution >= 0.6 is 11.8 Å². The largest absolute Gasteiger partial charge is 0.497 e. The van der Waals surface area contributed by atoms with Crippen molar-refractivity contribution in [3.8, 4) is 5.75 Å². The van der Waals surface area contributed by atoms with Crippen molar-refractivity contribution in [1.82, 2.24) is 19.9 Å². The minimum Gasteiger partial charge on any atom is -0.497 e. The molecule has 3 aromatic rings. The molecule has 2 aromatic heterocycles. The fourth-order valence-electron chi connectivity index (χ4n) is 3.44. The number of sulfone groups is 1. The van der Waals surface area contributed by atoms with Gasteiger partial charge in [0.05, 0.1) is 12.0 Å². The van der Waals surface area contributed by atoms with E-state index in [-0.39, 0.29) is 9.79 Å². The first kappa shape index (κ1) is 20.0. The molecule has 154 valence electrons. The van der Waals surface area contributed by atoms with Crippen LogP contribution in [-0.4, -0.2) is 62.6 Å². The molecule has 0 saturated carbocycles. The van der Waals surface area contributed by atoms with E-state index < -0.39 is 9.84 Å². The molecule has 0 amide bonds. The predicted octanol–water partition coefficient (Wildman–Crippen LogP) is 2.01. The van der Waals surface area contributed by atoms with E-state index in [2.05, 4.69) is 20.3 Å². The van der Waals surface area contributed by atoms with Crippen LogP contribution in [0.3, 0.4) is 0 Å². The van der Waals surface area contributed by atoms with Gasteiger partial charge in [0.25, 0.3) is 0 Å². The first-order valence-corrected chi connectivity index (χ1v) is 12.0. The Balaban J connectivity index is 1.92. The van der Waals surface area contributed by atoms with Crippen LogP contribution in [-0.2, 0) is 9.84 Å². The van der Waals surface area contributed by atoms with Crippen molar-refractivity contribution in [2.45, 2.75) is 21.7 Å². The molecular formula is C19H23N5O3S2. The molecule has 3 heterocycles. The maximum Gasteiger partial charge on any atom is 0.213 e. The second kappa shape index (κ2) is 7.85. The third-order valence-electron chi connectivity index (χ3n) is 4.90. The van der Waals surface area contributed by atoms with Gasteiger partial charge in [-0.2, -0.15) is 9.61 Å². The SMILES string of the molecule is COc1ccc(S(=O)(=O)c2c(SC)nn3c(N4CCNCC4)cc(C)nc23)cc1. The second-order valence-electron chi connectivity index (χ2n) is 6.75. The second-order valence-corrected chi connectivity index (χ2v) is 9.43. The predicted molar refractivity (Wildman–Crippen MR) is 113 cm³/mol. The number of ether oxygens (including phenoxy) is 1. The molecule has 1 aliphatic rings. The number of piperazine rings is 1. The van der Waals surface area contributed by atoms with Gasteiger partial charge in [0, 0.05) is 37.9 Å². The van der Waals surface area contributed by atoms with Crippen LogP contribution in [0, 0.1) is 6.92 Å². The lowest BCUT2D eigenvalue weighted by molar-refractivity contribution is 0.414. The van der Waals surface area contributed by atoms with Crippen LogP contribution in [0.4, 0.5) is 5.82 Å². The monoisotopic (exact) mass is 433 g/mol. The third kappa shape index (κ3) is 3.56. The summed E-state index contributed by atoms with van der Waals surface area (Å²) in [5, 5.41) is 8.40. The van der Waals surface area contributed by atoms with Crippen LogP contribution in [0.15, 0.2) is 45.1 Å². The lowest BCUT2D eigenvalue weighted by atomic mass is 10.3. The van der Waals surface area contributed by atoms with Crippen LogP contribution in [0.5, 0.6) is 5.75 Å². The quantitative estimate of drug-likeness (QED) is 0.612. The van der Waals surface area contributed by atoms with Crippen molar-refractivity contribution >= 4 is 33.1 Å². The molecule has 4 rings (SSSR count). The first-order valence-electron chi connectivity index (χ1n) is 9.25. The molecule has 0 spiro atoms. The Morgan fingerprint density at radius 1 is 1.17 bits per heavy atom. The van der Waals surface area contributed by atoms with Gasteiger partial charge in [0.2, 0.25) is 9.84 Å². The molecule has 0 atom stereocenters. The Morgan fingerprint density at radius 3 is 2.48 bits per heavy atom. The molecule has 0 unspecified atom stereocenters. The molecule has 1 fully saturated rings. The van der Waals surface area contributed by atoms with Gasteiger partial charge in [-0.3, -0.25) is 0 Å². The summed E-state index contributed by atoms with van der Waals surface area (Å²) in [4.78, 5) is 7.11. The number of aryl methyl sites for hydroxylation is 1. The summed E-state index contributed by atoms with van der Waals surface area (Å²) < 4.78 is 33.8. The Kier molecular flexibility index (Phi) is 5.41. The number of nitrogens with one attached hydrogen (secondary N) is 1. The zero-order chi connectivity index (χ0) is 20.6. The number of hydrogen-bond donors (Lipinski definition) is 1. The van der Waals surface area contributed by atoms with E-state index in [0.29, 0.717) is 16.4 Å². The van der Waals surface area contributed by atoms with Crippen LogP contribution in [0.25, 0.3) is 5.65 Å². The topological polar surface area (TPSA) is 88.8 Å². The van der Waals surface area contributed by atoms with E-state index >= 15 is 0 Å². The fraction of sp³-hybridized carbons (Fsp3) is 0.368. The maximum absolute atomic E-state index is 13.5. The number of rotatable bonds is 5. The minimum atomic E-state index is -3.81. The van der Waals surface area contributed by atoms with E-state index in [4.69, 9.17) is 4.74 Å². The highest BCUT2D eigenvalue weighted by Gasteiger charge is 2.30. The highest BCUT2D eigenvalue weighted by Crippen LogP contribution is 2.34. The third-order valence-corrected chi connectivity index (χ3v) is 7.51. The van der Waals surface area contributed by atoms with Crippen LogP contribution < -0.4 is 15.0 Å². The average molecular weight is 434 g/mol. The van der Waals surface area contributed by atoms with Gasteiger partial charge in [-0.1, -0.05) is 0 Å². The molecule has 0 aliphatic carbocycles. The molecule has 29 heavy (non-hydrogen) atoms. The van der Waals surface area contributed by atoms with Gasteiger partial charge in [-0.05, 0) is 37.4 Å². The maximum atomic E-state index is 13.5. The van der Waals surface area contributed by atoms with Crippen molar-refractivity contribution < 1.29 is 13.2 Å². The molecular weight excluding hydrogens is 410 g/mol. The summed E-state index contributed by atoms with van der Waals surface area (Å²) in [5.74, 6) is 1.46. The Bertz CT molecular complexity index is 1140. The van der Waals surface area contributed by atoms with Crippen molar-refractivity contribution in [2.75, 3.05) is 44.4 Å². The molecule has 0 radical (unpaired) electrons. The standard InChI is InChI=1S/C19H23N5O3S2/c1-13-12-16(23-10-8-20-9-11-23)24-18(21-13)17(19(22-24)28-3)29(25,26)15-6-4-14(27-2)5-7-15/h4-7,12,20H,8-11H2,1-3H3.